The highest BCUT2D eigenvalue weighted by Gasteiger charge is 2.34. The minimum Gasteiger partial charge on any atom is -0.465 e. The number of aryl methyl sites for hydroxylation is 2. The van der Waals surface area contributed by atoms with E-state index in [0.717, 1.165) is 5.39 Å². The van der Waals surface area contributed by atoms with Crippen LogP contribution in [0.25, 0.3) is 10.9 Å². The van der Waals surface area contributed by atoms with E-state index in [1.54, 1.807) is 19.2 Å². The summed E-state index contributed by atoms with van der Waals surface area (Å²) in [6.45, 7) is 1.09. The summed E-state index contributed by atoms with van der Waals surface area (Å²) in [6.07, 6.45) is 1.48. The van der Waals surface area contributed by atoms with Gasteiger partial charge in [-0.3, -0.25) is 14.5 Å². The number of carbonyl (C=O) groups is 2. The van der Waals surface area contributed by atoms with Crippen LogP contribution in [0.4, 0.5) is 20.8 Å². The number of fused-ring (bicyclic) bond motifs is 2. The molecule has 182 valence electrons. The summed E-state index contributed by atoms with van der Waals surface area (Å²) in [7, 11) is 1.64. The second kappa shape index (κ2) is 9.29. The normalized spacial score (nSPS) is 17.2. The van der Waals surface area contributed by atoms with Gasteiger partial charge in [0.1, 0.15) is 11.9 Å². The molecule has 3 aromatic rings. The Morgan fingerprint density at radius 3 is 2.91 bits per heavy atom. The zero-order valence-electron chi connectivity index (χ0n) is 18.9. The molecule has 1 aromatic carbocycles. The van der Waals surface area contributed by atoms with Crippen molar-refractivity contribution in [3.63, 3.8) is 0 Å². The van der Waals surface area contributed by atoms with E-state index in [9.17, 15) is 18.8 Å². The second-order valence-corrected chi connectivity index (χ2v) is 8.34. The molecule has 0 aliphatic carbocycles. The standard InChI is InChI=1S/C23H23FN6O5/c1-29-19(32)7-5-13-4-6-16(24)15(20(13)29)3-2-8-25-9-14-11-30(23(33)35-14)17-10-26-22-21(27-17)28-18(31)12-34-22/h4-7,10,14,25H,2-3,8-9,11-12H2,1H3,(H,27,28,31). The average molecular weight is 482 g/mol. The fourth-order valence-electron chi connectivity index (χ4n) is 4.24. The van der Waals surface area contributed by atoms with Crippen LogP contribution in [0.15, 0.2) is 35.3 Å². The summed E-state index contributed by atoms with van der Waals surface area (Å²) in [6, 6.07) is 6.26. The van der Waals surface area contributed by atoms with Crippen molar-refractivity contribution < 1.29 is 23.5 Å². The van der Waals surface area contributed by atoms with Gasteiger partial charge in [-0.2, -0.15) is 0 Å². The number of cyclic esters (lactones) is 1. The van der Waals surface area contributed by atoms with Crippen LogP contribution in [0.5, 0.6) is 5.88 Å². The predicted octanol–water partition coefficient (Wildman–Crippen LogP) is 1.35. The van der Waals surface area contributed by atoms with Crippen molar-refractivity contribution in [2.75, 3.05) is 36.5 Å². The van der Waals surface area contributed by atoms with E-state index in [0.29, 0.717) is 37.0 Å². The number of carbonyl (C=O) groups excluding carboxylic acids is 2. The molecule has 2 aliphatic heterocycles. The summed E-state index contributed by atoms with van der Waals surface area (Å²) < 4.78 is 26.6. The molecule has 0 radical (unpaired) electrons. The van der Waals surface area contributed by atoms with Crippen molar-refractivity contribution in [3.8, 4) is 5.88 Å². The first-order chi connectivity index (χ1) is 16.9. The summed E-state index contributed by atoms with van der Waals surface area (Å²) in [5.74, 6) is -0.0836. The number of hydrogen-bond acceptors (Lipinski definition) is 8. The zero-order valence-corrected chi connectivity index (χ0v) is 18.9. The van der Waals surface area contributed by atoms with Gasteiger partial charge in [-0.1, -0.05) is 0 Å². The lowest BCUT2D eigenvalue weighted by Crippen LogP contribution is -2.32. The zero-order chi connectivity index (χ0) is 24.5. The van der Waals surface area contributed by atoms with Crippen LogP contribution >= 0.6 is 0 Å². The van der Waals surface area contributed by atoms with Crippen molar-refractivity contribution in [1.82, 2.24) is 19.9 Å². The molecule has 5 rings (SSSR count). The van der Waals surface area contributed by atoms with Crippen LogP contribution in [0.1, 0.15) is 12.0 Å². The fraction of sp³-hybridized carbons (Fsp3) is 0.348. The monoisotopic (exact) mass is 482 g/mol. The van der Waals surface area contributed by atoms with E-state index in [1.807, 2.05) is 0 Å². The number of hydrogen-bond donors (Lipinski definition) is 2. The molecular formula is C23H23FN6O5. The van der Waals surface area contributed by atoms with Crippen LogP contribution in [0, 0.1) is 5.82 Å². The number of ether oxygens (including phenoxy) is 2. The number of amides is 2. The minimum atomic E-state index is -0.562. The SMILES string of the molecule is Cn1c(=O)ccc2ccc(F)c(CCCNCC3CN(c4cnc5c(n4)NC(=O)CO5)C(=O)O3)c21. The number of anilines is 2. The van der Waals surface area contributed by atoms with Crippen molar-refractivity contribution in [3.05, 3.63) is 52.2 Å². The van der Waals surface area contributed by atoms with Gasteiger partial charge in [0, 0.05) is 25.2 Å². The van der Waals surface area contributed by atoms with Crippen molar-refractivity contribution in [2.24, 2.45) is 7.05 Å². The number of nitrogens with zero attached hydrogens (tertiary/aromatic N) is 4. The molecule has 0 spiro atoms. The molecule has 1 unspecified atom stereocenters. The Morgan fingerprint density at radius 1 is 1.23 bits per heavy atom. The van der Waals surface area contributed by atoms with E-state index < -0.39 is 12.2 Å². The highest BCUT2D eigenvalue weighted by molar-refractivity contribution is 5.94. The van der Waals surface area contributed by atoms with Crippen LogP contribution in [0.2, 0.25) is 0 Å². The molecule has 1 fully saturated rings. The first-order valence-corrected chi connectivity index (χ1v) is 11.2. The third kappa shape index (κ3) is 4.52. The van der Waals surface area contributed by atoms with Gasteiger partial charge in [-0.15, -0.1) is 0 Å². The number of rotatable bonds is 7. The maximum Gasteiger partial charge on any atom is 0.416 e. The highest BCUT2D eigenvalue weighted by Crippen LogP contribution is 2.27. The van der Waals surface area contributed by atoms with Gasteiger partial charge < -0.3 is 24.7 Å². The number of pyridine rings is 1. The van der Waals surface area contributed by atoms with Gasteiger partial charge in [0.25, 0.3) is 17.3 Å². The Labute approximate surface area is 198 Å². The molecule has 0 bridgehead atoms. The van der Waals surface area contributed by atoms with E-state index >= 15 is 0 Å². The first-order valence-electron chi connectivity index (χ1n) is 11.2. The average Bonchev–Trinajstić information content (AvgIpc) is 3.22. The minimum absolute atomic E-state index is 0.133. The molecule has 2 aliphatic rings. The maximum atomic E-state index is 14.5. The van der Waals surface area contributed by atoms with Crippen molar-refractivity contribution in [1.29, 1.82) is 0 Å². The molecule has 0 saturated carbocycles. The summed E-state index contributed by atoms with van der Waals surface area (Å²) >= 11 is 0. The Hall–Kier alpha value is -4.06. The van der Waals surface area contributed by atoms with Gasteiger partial charge in [0.05, 0.1) is 18.3 Å². The predicted molar refractivity (Wildman–Crippen MR) is 124 cm³/mol. The second-order valence-electron chi connectivity index (χ2n) is 8.34. The van der Waals surface area contributed by atoms with E-state index in [4.69, 9.17) is 9.47 Å². The van der Waals surface area contributed by atoms with Crippen LogP contribution in [-0.4, -0.2) is 58.9 Å². The number of aromatic nitrogens is 3. The van der Waals surface area contributed by atoms with E-state index in [1.165, 1.54) is 27.8 Å². The van der Waals surface area contributed by atoms with Crippen molar-refractivity contribution in [2.45, 2.75) is 18.9 Å². The topological polar surface area (TPSA) is 128 Å². The summed E-state index contributed by atoms with van der Waals surface area (Å²) in [5.41, 5.74) is 0.921. The number of nitrogens with one attached hydrogen (secondary N) is 2. The molecule has 2 amide bonds. The third-order valence-electron chi connectivity index (χ3n) is 5.96. The van der Waals surface area contributed by atoms with Crippen LogP contribution < -0.4 is 25.8 Å². The quantitative estimate of drug-likeness (QED) is 0.483. The van der Waals surface area contributed by atoms with E-state index in [-0.39, 0.29) is 48.0 Å². The van der Waals surface area contributed by atoms with Crippen LogP contribution in [-0.2, 0) is 23.0 Å². The summed E-state index contributed by atoms with van der Waals surface area (Å²) in [4.78, 5) is 45.5. The molecular weight excluding hydrogens is 459 g/mol. The molecule has 2 aromatic heterocycles. The van der Waals surface area contributed by atoms with Crippen LogP contribution in [0.3, 0.4) is 0 Å². The van der Waals surface area contributed by atoms with Gasteiger partial charge in [0.2, 0.25) is 0 Å². The Morgan fingerprint density at radius 2 is 2.06 bits per heavy atom. The molecule has 11 nitrogen and oxygen atoms in total. The Kier molecular flexibility index (Phi) is 6.03. The van der Waals surface area contributed by atoms with Crippen molar-refractivity contribution >= 4 is 34.5 Å². The highest BCUT2D eigenvalue weighted by atomic mass is 19.1. The van der Waals surface area contributed by atoms with Gasteiger partial charge in [-0.25, -0.2) is 19.2 Å². The van der Waals surface area contributed by atoms with Gasteiger partial charge >= 0.3 is 6.09 Å². The lowest BCUT2D eigenvalue weighted by atomic mass is 10.0. The molecule has 1 atom stereocenters. The smallest absolute Gasteiger partial charge is 0.416 e. The molecule has 4 heterocycles. The molecule has 1 saturated heterocycles. The lowest BCUT2D eigenvalue weighted by molar-refractivity contribution is -0.118. The van der Waals surface area contributed by atoms with Gasteiger partial charge in [-0.05, 0) is 43.0 Å². The van der Waals surface area contributed by atoms with E-state index in [2.05, 4.69) is 20.6 Å². The third-order valence-corrected chi connectivity index (χ3v) is 5.96. The molecule has 2 N–H and O–H groups in total. The Balaban J connectivity index is 1.15. The fourth-order valence-corrected chi connectivity index (χ4v) is 4.24. The largest absolute Gasteiger partial charge is 0.465 e. The lowest BCUT2D eigenvalue weighted by Gasteiger charge is -2.18. The number of benzene rings is 1. The van der Waals surface area contributed by atoms with Gasteiger partial charge in [0.15, 0.2) is 18.2 Å². The maximum absolute atomic E-state index is 14.5. The number of halogens is 1. The Bertz CT molecular complexity index is 1380. The first kappa shape index (κ1) is 22.7. The molecule has 35 heavy (non-hydrogen) atoms. The summed E-state index contributed by atoms with van der Waals surface area (Å²) in [5, 5.41) is 6.60. The molecule has 12 heteroatoms.